The summed E-state index contributed by atoms with van der Waals surface area (Å²) in [5.74, 6) is -0.428. The van der Waals surface area contributed by atoms with E-state index in [2.05, 4.69) is 22.9 Å². The molecule has 2 aromatic rings. The minimum Gasteiger partial charge on any atom is -0.478 e. The van der Waals surface area contributed by atoms with E-state index in [9.17, 15) is 4.79 Å². The Balaban J connectivity index is 2.10. The molecule has 20 heavy (non-hydrogen) atoms. The molecule has 1 aromatic carbocycles. The Morgan fingerprint density at radius 1 is 1.45 bits per heavy atom. The summed E-state index contributed by atoms with van der Waals surface area (Å²) in [5, 5.41) is 9.32. The molecule has 0 aliphatic carbocycles. The molecule has 5 heteroatoms. The standard InChI is InChI=1S/C15H13ClN2O2/c1-9-6-10-4-2-3-5-13(10)18(9)14-7-11(15(19)20)12(16)8-17-14/h2-5,7-9H,6H2,1H3,(H,19,20). The SMILES string of the molecule is CC1Cc2ccccc2N1c1cc(C(=O)O)c(Cl)cn1. The number of benzene rings is 1. The van der Waals surface area contributed by atoms with E-state index in [-0.39, 0.29) is 16.6 Å². The maximum absolute atomic E-state index is 11.2. The number of para-hydroxylation sites is 1. The van der Waals surface area contributed by atoms with Crippen molar-refractivity contribution in [2.75, 3.05) is 4.90 Å². The molecule has 3 rings (SSSR count). The third kappa shape index (κ3) is 2.02. The zero-order chi connectivity index (χ0) is 14.3. The molecule has 0 saturated carbocycles. The Hall–Kier alpha value is -2.07. The third-order valence-corrected chi connectivity index (χ3v) is 3.83. The van der Waals surface area contributed by atoms with Crippen LogP contribution in [-0.2, 0) is 6.42 Å². The van der Waals surface area contributed by atoms with Crippen LogP contribution in [0.4, 0.5) is 11.5 Å². The minimum atomic E-state index is -1.04. The van der Waals surface area contributed by atoms with Crippen LogP contribution in [0.2, 0.25) is 5.02 Å². The van der Waals surface area contributed by atoms with Gasteiger partial charge in [0.1, 0.15) is 5.82 Å². The molecule has 1 atom stereocenters. The van der Waals surface area contributed by atoms with Gasteiger partial charge in [0.05, 0.1) is 10.6 Å². The van der Waals surface area contributed by atoms with Crippen molar-refractivity contribution in [1.29, 1.82) is 0 Å². The van der Waals surface area contributed by atoms with Gasteiger partial charge in [-0.2, -0.15) is 0 Å². The maximum Gasteiger partial charge on any atom is 0.337 e. The van der Waals surface area contributed by atoms with Crippen LogP contribution in [-0.4, -0.2) is 22.1 Å². The van der Waals surface area contributed by atoms with Gasteiger partial charge in [-0.25, -0.2) is 9.78 Å². The lowest BCUT2D eigenvalue weighted by atomic mass is 10.1. The van der Waals surface area contributed by atoms with Crippen molar-refractivity contribution in [3.05, 3.63) is 52.7 Å². The summed E-state index contributed by atoms with van der Waals surface area (Å²) in [6.45, 7) is 2.09. The van der Waals surface area contributed by atoms with Crippen LogP contribution in [0, 0.1) is 0 Å². The Kier molecular flexibility index (Phi) is 3.10. The van der Waals surface area contributed by atoms with Gasteiger partial charge in [-0.1, -0.05) is 29.8 Å². The zero-order valence-corrected chi connectivity index (χ0v) is 11.6. The molecule has 1 N–H and O–H groups in total. The van der Waals surface area contributed by atoms with Crippen molar-refractivity contribution in [2.45, 2.75) is 19.4 Å². The highest BCUT2D eigenvalue weighted by Gasteiger charge is 2.28. The first-order valence-corrected chi connectivity index (χ1v) is 6.71. The molecule has 2 heterocycles. The molecule has 102 valence electrons. The van der Waals surface area contributed by atoms with Crippen LogP contribution in [0.3, 0.4) is 0 Å². The van der Waals surface area contributed by atoms with Crippen molar-refractivity contribution < 1.29 is 9.90 Å². The van der Waals surface area contributed by atoms with Crippen molar-refractivity contribution in [1.82, 2.24) is 4.98 Å². The van der Waals surface area contributed by atoms with Crippen molar-refractivity contribution in [2.24, 2.45) is 0 Å². The molecule has 0 radical (unpaired) electrons. The second-order valence-electron chi connectivity index (χ2n) is 4.88. The molecular formula is C15H13ClN2O2. The first-order valence-electron chi connectivity index (χ1n) is 6.34. The number of anilines is 2. The Morgan fingerprint density at radius 3 is 2.95 bits per heavy atom. The fourth-order valence-corrected chi connectivity index (χ4v) is 2.82. The van der Waals surface area contributed by atoms with Crippen LogP contribution in [0.5, 0.6) is 0 Å². The number of hydrogen-bond donors (Lipinski definition) is 1. The number of carboxylic acids is 1. The van der Waals surface area contributed by atoms with Gasteiger partial charge in [-0.05, 0) is 31.0 Å². The molecule has 1 aromatic heterocycles. The second kappa shape index (κ2) is 4.80. The van der Waals surface area contributed by atoms with Gasteiger partial charge in [0.2, 0.25) is 0 Å². The summed E-state index contributed by atoms with van der Waals surface area (Å²) in [4.78, 5) is 17.5. The van der Waals surface area contributed by atoms with E-state index in [4.69, 9.17) is 16.7 Å². The first kappa shape index (κ1) is 12.9. The lowest BCUT2D eigenvalue weighted by Gasteiger charge is -2.24. The van der Waals surface area contributed by atoms with Crippen LogP contribution in [0.15, 0.2) is 36.5 Å². The summed E-state index contributed by atoms with van der Waals surface area (Å²) < 4.78 is 0. The monoisotopic (exact) mass is 288 g/mol. The Labute approximate surface area is 121 Å². The normalized spacial score (nSPS) is 17.1. The van der Waals surface area contributed by atoms with Gasteiger partial charge in [0, 0.05) is 17.9 Å². The summed E-state index contributed by atoms with van der Waals surface area (Å²) in [6, 6.07) is 9.85. The van der Waals surface area contributed by atoms with Crippen LogP contribution in [0.25, 0.3) is 0 Å². The first-order chi connectivity index (χ1) is 9.58. The number of aromatic nitrogens is 1. The van der Waals surface area contributed by atoms with E-state index in [0.29, 0.717) is 5.82 Å². The van der Waals surface area contributed by atoms with Gasteiger partial charge < -0.3 is 10.0 Å². The summed E-state index contributed by atoms with van der Waals surface area (Å²) in [5.41, 5.74) is 2.40. The number of carboxylic acid groups (broad SMARTS) is 1. The molecule has 1 unspecified atom stereocenters. The highest BCUT2D eigenvalue weighted by molar-refractivity contribution is 6.33. The Morgan fingerprint density at radius 2 is 2.20 bits per heavy atom. The minimum absolute atomic E-state index is 0.0771. The van der Waals surface area contributed by atoms with E-state index < -0.39 is 5.97 Å². The number of aromatic carboxylic acids is 1. The predicted octanol–water partition coefficient (Wildman–Crippen LogP) is 3.52. The molecule has 0 saturated heterocycles. The number of hydrogen-bond acceptors (Lipinski definition) is 3. The molecule has 1 aliphatic rings. The van der Waals surface area contributed by atoms with Gasteiger partial charge >= 0.3 is 5.97 Å². The van der Waals surface area contributed by atoms with Gasteiger partial charge in [-0.15, -0.1) is 0 Å². The van der Waals surface area contributed by atoms with E-state index in [0.717, 1.165) is 12.1 Å². The van der Waals surface area contributed by atoms with Gasteiger partial charge in [-0.3, -0.25) is 0 Å². The molecule has 0 amide bonds. The fraction of sp³-hybridized carbons (Fsp3) is 0.200. The highest BCUT2D eigenvalue weighted by atomic mass is 35.5. The highest BCUT2D eigenvalue weighted by Crippen LogP contribution is 2.37. The number of rotatable bonds is 2. The summed E-state index contributed by atoms with van der Waals surface area (Å²) in [7, 11) is 0. The smallest absolute Gasteiger partial charge is 0.337 e. The average molecular weight is 289 g/mol. The zero-order valence-electron chi connectivity index (χ0n) is 10.9. The number of pyridine rings is 1. The third-order valence-electron chi connectivity index (χ3n) is 3.53. The molecule has 0 spiro atoms. The van der Waals surface area contributed by atoms with Crippen molar-refractivity contribution in [3.8, 4) is 0 Å². The van der Waals surface area contributed by atoms with Gasteiger partial charge in [0.25, 0.3) is 0 Å². The van der Waals surface area contributed by atoms with Crippen LogP contribution < -0.4 is 4.90 Å². The van der Waals surface area contributed by atoms with Crippen molar-refractivity contribution >= 4 is 29.1 Å². The summed E-state index contributed by atoms with van der Waals surface area (Å²) in [6.07, 6.45) is 2.32. The maximum atomic E-state index is 11.2. The summed E-state index contributed by atoms with van der Waals surface area (Å²) >= 11 is 5.87. The number of halogens is 1. The predicted molar refractivity (Wildman–Crippen MR) is 78.0 cm³/mol. The Bertz CT molecular complexity index is 687. The topological polar surface area (TPSA) is 53.4 Å². The van der Waals surface area contributed by atoms with E-state index in [1.54, 1.807) is 0 Å². The molecule has 1 aliphatic heterocycles. The quantitative estimate of drug-likeness (QED) is 0.919. The van der Waals surface area contributed by atoms with Crippen molar-refractivity contribution in [3.63, 3.8) is 0 Å². The molecule has 4 nitrogen and oxygen atoms in total. The molecular weight excluding hydrogens is 276 g/mol. The number of carbonyl (C=O) groups is 1. The number of nitrogens with zero attached hydrogens (tertiary/aromatic N) is 2. The van der Waals surface area contributed by atoms with Crippen LogP contribution >= 0.6 is 11.6 Å². The fourth-order valence-electron chi connectivity index (χ4n) is 2.64. The second-order valence-corrected chi connectivity index (χ2v) is 5.29. The lowest BCUT2D eigenvalue weighted by Crippen LogP contribution is -2.25. The molecule has 0 bridgehead atoms. The van der Waals surface area contributed by atoms with E-state index in [1.165, 1.54) is 17.8 Å². The van der Waals surface area contributed by atoms with Gasteiger partial charge in [0.15, 0.2) is 0 Å². The van der Waals surface area contributed by atoms with Crippen LogP contribution in [0.1, 0.15) is 22.8 Å². The lowest BCUT2D eigenvalue weighted by molar-refractivity contribution is 0.0697. The average Bonchev–Trinajstić information content (AvgIpc) is 2.75. The number of fused-ring (bicyclic) bond motifs is 1. The van der Waals surface area contributed by atoms with E-state index >= 15 is 0 Å². The van der Waals surface area contributed by atoms with E-state index in [1.807, 2.05) is 18.2 Å². The largest absolute Gasteiger partial charge is 0.478 e. The molecule has 0 fully saturated rings.